The summed E-state index contributed by atoms with van der Waals surface area (Å²) >= 11 is 0. The van der Waals surface area contributed by atoms with Crippen LogP contribution < -0.4 is 5.73 Å². The van der Waals surface area contributed by atoms with E-state index in [9.17, 15) is 9.90 Å². The van der Waals surface area contributed by atoms with E-state index < -0.39 is 5.97 Å². The molecule has 1 heterocycles. The molecule has 0 saturated carbocycles. The Morgan fingerprint density at radius 3 is 2.55 bits per heavy atom. The third-order valence-electron chi connectivity index (χ3n) is 4.00. The minimum Gasteiger partial charge on any atom is -0.478 e. The number of benzene rings is 1. The van der Waals surface area contributed by atoms with Gasteiger partial charge in [-0.25, -0.2) is 4.79 Å². The van der Waals surface area contributed by atoms with E-state index in [0.29, 0.717) is 12.1 Å². The molecular weight excluding hydrogens is 252 g/mol. The second-order valence-electron chi connectivity index (χ2n) is 5.58. The van der Waals surface area contributed by atoms with Crippen LogP contribution in [0.1, 0.15) is 46.9 Å². The Hall–Kier alpha value is -1.81. The van der Waals surface area contributed by atoms with Gasteiger partial charge in [-0.05, 0) is 49.1 Å². The number of carbonyl (C=O) groups is 1. The van der Waals surface area contributed by atoms with Crippen molar-refractivity contribution < 1.29 is 9.90 Å². The summed E-state index contributed by atoms with van der Waals surface area (Å²) in [7, 11) is 2.03. The van der Waals surface area contributed by atoms with Crippen LogP contribution in [-0.2, 0) is 13.5 Å². The van der Waals surface area contributed by atoms with Gasteiger partial charge >= 0.3 is 5.97 Å². The second kappa shape index (κ2) is 5.29. The predicted octanol–water partition coefficient (Wildman–Crippen LogP) is 2.81. The lowest BCUT2D eigenvalue weighted by atomic mass is 9.95. The van der Waals surface area contributed by atoms with Crippen molar-refractivity contribution in [3.05, 3.63) is 34.5 Å². The molecule has 3 N–H and O–H groups in total. The van der Waals surface area contributed by atoms with Gasteiger partial charge in [0.1, 0.15) is 0 Å². The zero-order valence-electron chi connectivity index (χ0n) is 12.5. The van der Waals surface area contributed by atoms with Crippen molar-refractivity contribution in [3.8, 4) is 0 Å². The summed E-state index contributed by atoms with van der Waals surface area (Å²) < 4.78 is 2.15. The lowest BCUT2D eigenvalue weighted by molar-refractivity contribution is 0.0697. The highest BCUT2D eigenvalue weighted by atomic mass is 16.4. The fourth-order valence-corrected chi connectivity index (χ4v) is 2.85. The number of hydrogen-bond donors (Lipinski definition) is 2. The molecule has 1 aromatic carbocycles. The number of fused-ring (bicyclic) bond motifs is 1. The number of nitrogens with two attached hydrogens (primary N) is 1. The zero-order chi connectivity index (χ0) is 15.0. The van der Waals surface area contributed by atoms with Gasteiger partial charge < -0.3 is 15.4 Å². The number of carboxylic acid groups (broad SMARTS) is 1. The summed E-state index contributed by atoms with van der Waals surface area (Å²) in [6.45, 7) is 6.81. The van der Waals surface area contributed by atoms with Gasteiger partial charge in [-0.1, -0.05) is 13.8 Å². The van der Waals surface area contributed by atoms with Crippen molar-refractivity contribution in [1.29, 1.82) is 0 Å². The third kappa shape index (κ3) is 2.20. The molecule has 108 valence electrons. The van der Waals surface area contributed by atoms with Gasteiger partial charge in [0.15, 0.2) is 0 Å². The number of carboxylic acids is 1. The first-order chi connectivity index (χ1) is 9.38. The van der Waals surface area contributed by atoms with Crippen LogP contribution >= 0.6 is 0 Å². The highest BCUT2D eigenvalue weighted by Gasteiger charge is 2.19. The molecule has 2 rings (SSSR count). The first kappa shape index (κ1) is 14.6. The molecule has 0 fully saturated rings. The molecular formula is C16H22N2O2. The van der Waals surface area contributed by atoms with Crippen molar-refractivity contribution in [3.63, 3.8) is 0 Å². The standard InChI is InChI=1S/C16H22N2O2/c1-9(2)13-7-11(16(19)20)8-14-12(5-6-17)10(3)18(4)15(13)14/h7-9H,5-6,17H2,1-4H3,(H,19,20). The predicted molar refractivity (Wildman–Crippen MR) is 81.5 cm³/mol. The summed E-state index contributed by atoms with van der Waals surface area (Å²) in [5, 5.41) is 10.3. The Morgan fingerprint density at radius 1 is 1.40 bits per heavy atom. The van der Waals surface area contributed by atoms with E-state index in [0.717, 1.165) is 34.1 Å². The summed E-state index contributed by atoms with van der Waals surface area (Å²) in [6.07, 6.45) is 0.768. The lowest BCUT2D eigenvalue weighted by Gasteiger charge is -2.11. The van der Waals surface area contributed by atoms with Crippen LogP contribution in [0, 0.1) is 6.92 Å². The van der Waals surface area contributed by atoms with Crippen LogP contribution in [0.25, 0.3) is 10.9 Å². The first-order valence-corrected chi connectivity index (χ1v) is 6.93. The van der Waals surface area contributed by atoms with E-state index in [4.69, 9.17) is 5.73 Å². The number of hydrogen-bond acceptors (Lipinski definition) is 2. The largest absolute Gasteiger partial charge is 0.478 e. The maximum Gasteiger partial charge on any atom is 0.335 e. The van der Waals surface area contributed by atoms with Crippen LogP contribution in [0.15, 0.2) is 12.1 Å². The molecule has 20 heavy (non-hydrogen) atoms. The normalized spacial score (nSPS) is 11.5. The Bertz CT molecular complexity index is 669. The minimum atomic E-state index is -0.881. The van der Waals surface area contributed by atoms with Crippen molar-refractivity contribution in [2.45, 2.75) is 33.1 Å². The van der Waals surface area contributed by atoms with Crippen LogP contribution in [0.3, 0.4) is 0 Å². The average molecular weight is 274 g/mol. The molecule has 0 unspecified atom stereocenters. The van der Waals surface area contributed by atoms with E-state index >= 15 is 0 Å². The van der Waals surface area contributed by atoms with E-state index in [1.165, 1.54) is 0 Å². The topological polar surface area (TPSA) is 68.2 Å². The van der Waals surface area contributed by atoms with Gasteiger partial charge in [-0.15, -0.1) is 0 Å². The molecule has 1 aromatic heterocycles. The van der Waals surface area contributed by atoms with E-state index in [1.807, 2.05) is 7.05 Å². The summed E-state index contributed by atoms with van der Waals surface area (Å²) in [6, 6.07) is 3.57. The van der Waals surface area contributed by atoms with Crippen molar-refractivity contribution in [2.24, 2.45) is 12.8 Å². The maximum absolute atomic E-state index is 11.3. The molecule has 0 amide bonds. The Kier molecular flexibility index (Phi) is 3.86. The Balaban J connectivity index is 2.89. The molecule has 2 aromatic rings. The Labute approximate surface area is 119 Å². The zero-order valence-corrected chi connectivity index (χ0v) is 12.5. The number of nitrogens with zero attached hydrogens (tertiary/aromatic N) is 1. The van der Waals surface area contributed by atoms with Crippen LogP contribution in [0.5, 0.6) is 0 Å². The molecule has 0 aliphatic carbocycles. The number of rotatable bonds is 4. The Morgan fingerprint density at radius 2 is 2.05 bits per heavy atom. The highest BCUT2D eigenvalue weighted by Crippen LogP contribution is 2.33. The van der Waals surface area contributed by atoms with Gasteiger partial charge in [-0.3, -0.25) is 0 Å². The SMILES string of the molecule is Cc1c(CCN)c2cc(C(=O)O)cc(C(C)C)c2n1C. The quantitative estimate of drug-likeness (QED) is 0.900. The smallest absolute Gasteiger partial charge is 0.335 e. The number of aromatic carboxylic acids is 1. The maximum atomic E-state index is 11.3. The van der Waals surface area contributed by atoms with Crippen LogP contribution in [-0.4, -0.2) is 22.2 Å². The molecule has 0 aliphatic rings. The second-order valence-corrected chi connectivity index (χ2v) is 5.58. The fraction of sp³-hybridized carbons (Fsp3) is 0.438. The van der Waals surface area contributed by atoms with Gasteiger partial charge in [0.25, 0.3) is 0 Å². The van der Waals surface area contributed by atoms with Crippen molar-refractivity contribution in [2.75, 3.05) is 6.54 Å². The van der Waals surface area contributed by atoms with Gasteiger partial charge in [0, 0.05) is 18.1 Å². The number of aryl methyl sites for hydroxylation is 1. The third-order valence-corrected chi connectivity index (χ3v) is 4.00. The van der Waals surface area contributed by atoms with Crippen LogP contribution in [0.4, 0.5) is 0 Å². The summed E-state index contributed by atoms with van der Waals surface area (Å²) in [5.74, 6) is -0.607. The average Bonchev–Trinajstić information content (AvgIpc) is 2.63. The van der Waals surface area contributed by atoms with E-state index in [2.05, 4.69) is 25.3 Å². The number of aromatic nitrogens is 1. The van der Waals surface area contributed by atoms with Gasteiger partial charge in [0.2, 0.25) is 0 Å². The minimum absolute atomic E-state index is 0.274. The monoisotopic (exact) mass is 274 g/mol. The van der Waals surface area contributed by atoms with E-state index in [-0.39, 0.29) is 5.92 Å². The molecule has 0 radical (unpaired) electrons. The lowest BCUT2D eigenvalue weighted by Crippen LogP contribution is -2.04. The molecule has 0 atom stereocenters. The first-order valence-electron chi connectivity index (χ1n) is 6.93. The molecule has 0 spiro atoms. The highest BCUT2D eigenvalue weighted by molar-refractivity contribution is 5.97. The molecule has 0 aliphatic heterocycles. The fourth-order valence-electron chi connectivity index (χ4n) is 2.85. The van der Waals surface area contributed by atoms with Crippen molar-refractivity contribution >= 4 is 16.9 Å². The van der Waals surface area contributed by atoms with Crippen LogP contribution in [0.2, 0.25) is 0 Å². The van der Waals surface area contributed by atoms with Crippen molar-refractivity contribution in [1.82, 2.24) is 4.57 Å². The summed E-state index contributed by atoms with van der Waals surface area (Å²) in [5.41, 5.74) is 10.6. The summed E-state index contributed by atoms with van der Waals surface area (Å²) in [4.78, 5) is 11.3. The van der Waals surface area contributed by atoms with E-state index in [1.54, 1.807) is 12.1 Å². The molecule has 0 saturated heterocycles. The molecule has 4 heteroatoms. The molecule has 4 nitrogen and oxygen atoms in total. The van der Waals surface area contributed by atoms with Gasteiger partial charge in [0.05, 0.1) is 11.1 Å². The van der Waals surface area contributed by atoms with Gasteiger partial charge in [-0.2, -0.15) is 0 Å². The molecule has 0 bridgehead atoms.